The van der Waals surface area contributed by atoms with Gasteiger partial charge in [0.25, 0.3) is 0 Å². The maximum Gasteiger partial charge on any atom is 0.326 e. The van der Waals surface area contributed by atoms with Gasteiger partial charge in [-0.3, -0.25) is 9.80 Å². The highest BCUT2D eigenvalue weighted by molar-refractivity contribution is 7.89. The van der Waals surface area contributed by atoms with Crippen molar-refractivity contribution in [2.45, 2.75) is 25.3 Å². The van der Waals surface area contributed by atoms with Crippen LogP contribution in [0.15, 0.2) is 59.5 Å². The summed E-state index contributed by atoms with van der Waals surface area (Å²) in [5.41, 5.74) is 2.65. The number of carbonyl (C=O) groups is 1. The third-order valence-corrected chi connectivity index (χ3v) is 10.8. The van der Waals surface area contributed by atoms with Gasteiger partial charge < -0.3 is 10.2 Å². The van der Waals surface area contributed by atoms with Crippen molar-refractivity contribution in [1.29, 1.82) is 0 Å². The molecule has 8 nitrogen and oxygen atoms in total. The summed E-state index contributed by atoms with van der Waals surface area (Å²) in [7, 11) is -3.92. The lowest BCUT2D eigenvalue weighted by molar-refractivity contribution is 0.163. The highest BCUT2D eigenvalue weighted by Gasteiger charge is 2.35. The molecule has 42 heavy (non-hydrogen) atoms. The summed E-state index contributed by atoms with van der Waals surface area (Å²) in [6, 6.07) is 15.0. The molecule has 0 aromatic heterocycles. The smallest absolute Gasteiger partial charge is 0.326 e. The summed E-state index contributed by atoms with van der Waals surface area (Å²) >= 11 is 19.7. The quantitative estimate of drug-likeness (QED) is 0.293. The topological polar surface area (TPSA) is 76.2 Å². The molecule has 5 rings (SSSR count). The van der Waals surface area contributed by atoms with Crippen LogP contribution in [0.1, 0.15) is 19.4 Å². The van der Waals surface area contributed by atoms with E-state index >= 15 is 0 Å². The van der Waals surface area contributed by atoms with Crippen molar-refractivity contribution in [1.82, 2.24) is 19.4 Å². The van der Waals surface area contributed by atoms with Gasteiger partial charge in [0.15, 0.2) is 0 Å². The minimum Gasteiger partial charge on any atom is -0.333 e. The van der Waals surface area contributed by atoms with Crippen LogP contribution >= 0.6 is 34.8 Å². The Hall–Kier alpha value is -2.37. The summed E-state index contributed by atoms with van der Waals surface area (Å²) in [5, 5.41) is 3.88. The number of halogens is 3. The van der Waals surface area contributed by atoms with Gasteiger partial charge in [0, 0.05) is 62.0 Å². The van der Waals surface area contributed by atoms with E-state index in [0.29, 0.717) is 53.6 Å². The Morgan fingerprint density at radius 1 is 0.857 bits per heavy atom. The number of carbonyl (C=O) groups excluding carboxylic acids is 1. The first-order chi connectivity index (χ1) is 20.1. The fourth-order valence-corrected chi connectivity index (χ4v) is 7.80. The van der Waals surface area contributed by atoms with E-state index in [-0.39, 0.29) is 27.2 Å². The maximum atomic E-state index is 14.2. The average Bonchev–Trinajstić information content (AvgIpc) is 2.98. The molecule has 0 radical (unpaired) electrons. The van der Waals surface area contributed by atoms with Crippen molar-refractivity contribution in [3.63, 3.8) is 0 Å². The second-order valence-corrected chi connectivity index (χ2v) is 13.4. The fraction of sp³-hybridized carbons (Fsp3) is 0.367. The molecule has 0 saturated carbocycles. The van der Waals surface area contributed by atoms with E-state index in [1.807, 2.05) is 18.2 Å². The van der Waals surface area contributed by atoms with Crippen molar-refractivity contribution in [2.24, 2.45) is 0 Å². The van der Waals surface area contributed by atoms with Gasteiger partial charge in [-0.05, 0) is 49.0 Å². The third-order valence-electron chi connectivity index (χ3n) is 7.98. The molecule has 2 heterocycles. The van der Waals surface area contributed by atoms with Gasteiger partial charge in [-0.2, -0.15) is 4.31 Å². The number of hydrogen-bond acceptors (Lipinski definition) is 5. The van der Waals surface area contributed by atoms with Gasteiger partial charge in [0.2, 0.25) is 10.0 Å². The number of sulfonamides is 1. The highest BCUT2D eigenvalue weighted by atomic mass is 35.5. The monoisotopic (exact) mass is 649 g/mol. The number of hydrogen-bond donors (Lipinski definition) is 1. The molecule has 224 valence electrons. The lowest BCUT2D eigenvalue weighted by Crippen LogP contribution is -2.50. The van der Waals surface area contributed by atoms with E-state index in [1.165, 1.54) is 9.21 Å². The van der Waals surface area contributed by atoms with Gasteiger partial charge in [0.05, 0.1) is 26.3 Å². The fourth-order valence-electron chi connectivity index (χ4n) is 5.53. The van der Waals surface area contributed by atoms with Crippen LogP contribution in [0.4, 0.5) is 16.2 Å². The molecule has 1 saturated heterocycles. The van der Waals surface area contributed by atoms with Crippen LogP contribution < -0.4 is 10.2 Å². The van der Waals surface area contributed by atoms with Crippen molar-refractivity contribution < 1.29 is 13.2 Å². The zero-order chi connectivity index (χ0) is 30.0. The van der Waals surface area contributed by atoms with E-state index in [2.05, 4.69) is 29.0 Å². The number of nitrogens with one attached hydrogen (secondary N) is 1. The predicted molar refractivity (Wildman–Crippen MR) is 171 cm³/mol. The Morgan fingerprint density at radius 2 is 1.50 bits per heavy atom. The SMILES string of the molecule is CCN(CC)CCN1CCN(S(=O)(=O)c2cc(-c3ccccc3Cl)c3c(c2)N(c2c(Cl)cccc2Cl)C(=O)NC3)CC1. The zero-order valence-electron chi connectivity index (χ0n) is 23.6. The van der Waals surface area contributed by atoms with Crippen molar-refractivity contribution in [3.05, 3.63) is 75.2 Å². The van der Waals surface area contributed by atoms with Gasteiger partial charge in [-0.15, -0.1) is 0 Å². The van der Waals surface area contributed by atoms with Crippen LogP contribution in [0.25, 0.3) is 11.1 Å². The molecule has 2 aliphatic rings. The molecule has 0 spiro atoms. The van der Waals surface area contributed by atoms with E-state index < -0.39 is 16.1 Å². The Bertz CT molecular complexity index is 1550. The highest BCUT2D eigenvalue weighted by Crippen LogP contribution is 2.45. The Balaban J connectivity index is 1.56. The Morgan fingerprint density at radius 3 is 2.14 bits per heavy atom. The molecule has 2 amide bonds. The van der Waals surface area contributed by atoms with E-state index in [9.17, 15) is 13.2 Å². The molecular formula is C30H34Cl3N5O3S. The second kappa shape index (κ2) is 13.1. The number of anilines is 2. The number of rotatable bonds is 9. The summed E-state index contributed by atoms with van der Waals surface area (Å²) < 4.78 is 29.8. The number of fused-ring (bicyclic) bond motifs is 1. The van der Waals surface area contributed by atoms with Gasteiger partial charge in [0.1, 0.15) is 0 Å². The van der Waals surface area contributed by atoms with Gasteiger partial charge in [-0.25, -0.2) is 13.2 Å². The number of amides is 2. The molecule has 2 aliphatic heterocycles. The summed E-state index contributed by atoms with van der Waals surface area (Å²) in [6.07, 6.45) is 0. The lowest BCUT2D eigenvalue weighted by atomic mass is 9.96. The van der Waals surface area contributed by atoms with E-state index in [1.54, 1.807) is 36.4 Å². The molecule has 3 aromatic rings. The lowest BCUT2D eigenvalue weighted by Gasteiger charge is -2.36. The van der Waals surface area contributed by atoms with Crippen molar-refractivity contribution >= 4 is 62.2 Å². The van der Waals surface area contributed by atoms with Gasteiger partial charge >= 0.3 is 6.03 Å². The minimum absolute atomic E-state index is 0.0793. The number of nitrogens with zero attached hydrogens (tertiary/aromatic N) is 4. The van der Waals surface area contributed by atoms with Crippen LogP contribution in [0.3, 0.4) is 0 Å². The van der Waals surface area contributed by atoms with Crippen molar-refractivity contribution in [2.75, 3.05) is 57.3 Å². The molecule has 12 heteroatoms. The normalized spacial score (nSPS) is 16.5. The summed E-state index contributed by atoms with van der Waals surface area (Å²) in [6.45, 7) is 10.3. The van der Waals surface area contributed by atoms with Crippen LogP contribution in [0.2, 0.25) is 15.1 Å². The maximum absolute atomic E-state index is 14.2. The minimum atomic E-state index is -3.92. The Labute approximate surface area is 262 Å². The largest absolute Gasteiger partial charge is 0.333 e. The second-order valence-electron chi connectivity index (χ2n) is 10.3. The van der Waals surface area contributed by atoms with E-state index in [0.717, 1.165) is 26.2 Å². The third kappa shape index (κ3) is 6.15. The van der Waals surface area contributed by atoms with Crippen LogP contribution in [-0.4, -0.2) is 80.9 Å². The summed E-state index contributed by atoms with van der Waals surface area (Å²) in [4.78, 5) is 19.4. The molecule has 1 N–H and O–H groups in total. The number of urea groups is 1. The average molecular weight is 651 g/mol. The predicted octanol–water partition coefficient (Wildman–Crippen LogP) is 6.32. The van der Waals surface area contributed by atoms with Crippen LogP contribution in [0, 0.1) is 0 Å². The number of piperazine rings is 1. The molecular weight excluding hydrogens is 617 g/mol. The van der Waals surface area contributed by atoms with Crippen LogP contribution in [0.5, 0.6) is 0 Å². The first-order valence-electron chi connectivity index (χ1n) is 14.0. The molecule has 0 bridgehead atoms. The molecule has 0 atom stereocenters. The molecule has 1 fully saturated rings. The Kier molecular flexibility index (Phi) is 9.69. The van der Waals surface area contributed by atoms with Crippen molar-refractivity contribution in [3.8, 4) is 11.1 Å². The standard InChI is InChI=1S/C30H34Cl3N5O3S/c1-3-35(4-2)12-13-36-14-16-37(17-15-36)42(40,41)21-18-23(22-8-5-6-9-25(22)31)24-20-34-30(39)38(28(24)19-21)29-26(32)10-7-11-27(29)33/h5-11,18-19H,3-4,12-17,20H2,1-2H3,(H,34,39). The van der Waals surface area contributed by atoms with Crippen LogP contribution in [-0.2, 0) is 16.6 Å². The van der Waals surface area contributed by atoms with Gasteiger partial charge in [-0.1, -0.05) is 72.9 Å². The molecule has 3 aromatic carbocycles. The first-order valence-corrected chi connectivity index (χ1v) is 16.6. The number of benzene rings is 3. The summed E-state index contributed by atoms with van der Waals surface area (Å²) in [5.74, 6) is 0. The number of likely N-dealkylation sites (N-methyl/N-ethyl adjacent to an activating group) is 1. The number of para-hydroxylation sites is 1. The molecule has 0 aliphatic carbocycles. The first kappa shape index (κ1) is 31.1. The molecule has 0 unspecified atom stereocenters. The van der Waals surface area contributed by atoms with E-state index in [4.69, 9.17) is 34.8 Å². The zero-order valence-corrected chi connectivity index (χ0v) is 26.7.